The summed E-state index contributed by atoms with van der Waals surface area (Å²) < 4.78 is 124. The van der Waals surface area contributed by atoms with Gasteiger partial charge in [0.15, 0.2) is 62.9 Å². The van der Waals surface area contributed by atoms with Gasteiger partial charge in [0.25, 0.3) is 5.79 Å². The van der Waals surface area contributed by atoms with Gasteiger partial charge in [-0.15, -0.1) is 0 Å². The van der Waals surface area contributed by atoms with Crippen LogP contribution in [0.1, 0.15) is 41.0 Å². The lowest BCUT2D eigenvalue weighted by Crippen LogP contribution is -2.71. The van der Waals surface area contributed by atoms with Crippen molar-refractivity contribution in [2.75, 3.05) is 72.7 Å². The molecule has 143 heavy (non-hydrogen) atoms. The van der Waals surface area contributed by atoms with Gasteiger partial charge in [-0.3, -0.25) is 24.0 Å². The van der Waals surface area contributed by atoms with E-state index in [4.69, 9.17) is 99.5 Å². The van der Waals surface area contributed by atoms with Crippen LogP contribution in [0.15, 0.2) is 0 Å². The normalized spacial score (nSPS) is 47.8. The number of aliphatic carboxylic acids is 1. The molecule has 37 N–H and O–H groups in total. The Hall–Kier alpha value is -5.26. The van der Waals surface area contributed by atoms with E-state index >= 15 is 0 Å². The maximum atomic E-state index is 13.3. The van der Waals surface area contributed by atoms with Crippen LogP contribution in [0.25, 0.3) is 0 Å². The molecule has 0 unspecified atom stereocenters. The predicted octanol–water partition coefficient (Wildman–Crippen LogP) is -25.1. The molecule has 64 nitrogen and oxygen atoms in total. The van der Waals surface area contributed by atoms with Crippen LogP contribution < -0.4 is 26.6 Å². The van der Waals surface area contributed by atoms with Gasteiger partial charge in [0.05, 0.1) is 84.8 Å². The Morgan fingerprint density at radius 2 is 0.566 bits per heavy atom. The molecule has 11 rings (SSSR count). The first-order valence-electron chi connectivity index (χ1n) is 45.3. The van der Waals surface area contributed by atoms with E-state index in [2.05, 4.69) is 26.6 Å². The van der Waals surface area contributed by atoms with Crippen molar-refractivity contribution >= 4 is 35.5 Å². The van der Waals surface area contributed by atoms with Gasteiger partial charge in [0.1, 0.15) is 262 Å². The molecule has 826 valence electrons. The number of amides is 5. The van der Waals surface area contributed by atoms with E-state index in [0.29, 0.717) is 0 Å². The lowest BCUT2D eigenvalue weighted by Gasteiger charge is -2.51. The zero-order valence-corrected chi connectivity index (χ0v) is 76.6. The maximum Gasteiger partial charge on any atom is 0.364 e. The summed E-state index contributed by atoms with van der Waals surface area (Å²) in [4.78, 5) is 77.1. The van der Waals surface area contributed by atoms with E-state index in [1.54, 1.807) is 0 Å². The number of carbonyl (C=O) groups is 6. The van der Waals surface area contributed by atoms with Crippen LogP contribution >= 0.6 is 0 Å². The zero-order valence-electron chi connectivity index (χ0n) is 76.6. The highest BCUT2D eigenvalue weighted by atomic mass is 16.8. The number of hydrogen-bond donors (Lipinski definition) is 37. The molecule has 0 saturated carbocycles. The standard InChI is InChI=1S/C79H131N5O59/c1-18(94)80-35-23(99)6-79(78(121)122,143-64(35)40(101)24(100)7-85)124-17-34-44(105)51(112)56(117)73(134-34)136-60-29(12-90)131-71(39(49(60)110)84-22(5)98)142-67-53(114)43(104)27(10-88)128-77(67)140-65-45(106)33(133-75(58(65)119)138-62-31(14-92)129-69(37(47(62)108)82-20(3)96)135-59-28(11-89)125-68(120)36(46(59)107)81-19(2)95)16-123-76-66(52(113)42(103)26(9-87)127-76)141-70-38(83-21(4)97)48(109)61(30(13-91)130-70)137-74-57(118)54(115)63(32(15-93)132-74)139-72-55(116)50(111)41(102)25(8-86)126-72/h23-77,85-93,99-120H,6-17H2,1-5H3,(H,80,94)(H,81,95)(H,82,96)(H,83,97)(H,84,98)(H,121,122)/t23-,24+,25+,26+,27+,28+,29+,30+,31+,32+,33+,34+,35+,36+,37+,38+,39+,40+,41-,42+,43+,44-,45+,46+,47+,48+,49+,50-,51-,52-,53-,54+,55+,56+,57+,58-,59+,60+,61+,62+,63-,64+,65-,66-,67-,68+,69-,70-,71-,72-,73-,74-,75-,76-,77+,79+/m0/s1. The molecule has 0 bridgehead atoms. The fourth-order valence-electron chi connectivity index (χ4n) is 18.4. The molecule has 64 heteroatoms. The SMILES string of the molecule is CC(=O)N[C@@H]1[C@@H](O)[C@H](O[C@@H]2O[C@H](CO)[C@@H](O[C@@H]3O[C@H](CO[C@H]4O[C@H](CO)[C@@H](O)[C@H](O)[C@@H]4O[C@@H]4O[C@H](CO)[C@@H](O[C@@H]5O[C@H](CO)[C@H](O[C@@H]6O[C@H](CO)[C@H](O)[C@H](O)[C@H]6O)[C@H](O)[C@H]5O)[C@H](O)[C@H]4NC(C)=O)[C@@H](O)[C@H](O[C@H]4O[C@H](CO)[C@@H](O)[C@H](O)[C@@H]4O[C@@H]4O[C@H](CO)[C@@H](O[C@@H]5O[C@H](CO[C@]6(C(=O)O)C[C@H](O)[C@@H](NC(C)=O)[C@H]([C@H](O)[C@H](O)CO)O6)[C@H](O)[C@H](O)[C@H]5O)[C@H](O)[C@H]4NC(C)=O)[C@@H]3O)[C@H](O)[C@H]2NC(C)=O)[C@@H](CO)O[C@H]1O. The van der Waals surface area contributed by atoms with Gasteiger partial charge in [-0.25, -0.2) is 4.79 Å². The number of carboxylic acid groups (broad SMARTS) is 1. The maximum absolute atomic E-state index is 13.3. The molecule has 5 amide bonds. The Morgan fingerprint density at radius 3 is 0.958 bits per heavy atom. The minimum absolute atomic E-state index is 0.828. The molecule has 56 atom stereocenters. The number of rotatable bonds is 39. The van der Waals surface area contributed by atoms with E-state index < -0.39 is 458 Å². The Morgan fingerprint density at radius 1 is 0.287 bits per heavy atom. The van der Waals surface area contributed by atoms with Crippen LogP contribution in [-0.4, -0.2) is 615 Å². The molecule has 0 aliphatic carbocycles. The second-order valence-corrected chi connectivity index (χ2v) is 36.0. The van der Waals surface area contributed by atoms with Crippen molar-refractivity contribution in [3.05, 3.63) is 0 Å². The molecule has 11 aliphatic rings. The average molecular weight is 2090 g/mol. The summed E-state index contributed by atoms with van der Waals surface area (Å²) in [5, 5.41) is 370. The van der Waals surface area contributed by atoms with E-state index in [1.165, 1.54) is 0 Å². The largest absolute Gasteiger partial charge is 0.477 e. The minimum Gasteiger partial charge on any atom is -0.477 e. The van der Waals surface area contributed by atoms with Gasteiger partial charge >= 0.3 is 5.97 Å². The highest BCUT2D eigenvalue weighted by Gasteiger charge is 2.64. The van der Waals surface area contributed by atoms with Crippen LogP contribution in [0.3, 0.4) is 0 Å². The van der Waals surface area contributed by atoms with Gasteiger partial charge < -0.3 is 289 Å². The van der Waals surface area contributed by atoms with Gasteiger partial charge in [0, 0.05) is 41.0 Å². The zero-order chi connectivity index (χ0) is 106. The van der Waals surface area contributed by atoms with E-state index in [1.807, 2.05) is 0 Å². The van der Waals surface area contributed by atoms with Crippen LogP contribution in [0.4, 0.5) is 0 Å². The number of carboxylic acids is 1. The van der Waals surface area contributed by atoms with Gasteiger partial charge in [0.2, 0.25) is 29.5 Å². The quantitative estimate of drug-likeness (QED) is 0.0272. The third-order valence-electron chi connectivity index (χ3n) is 26.0. The monoisotopic (exact) mass is 2090 g/mol. The third-order valence-corrected chi connectivity index (χ3v) is 26.0. The van der Waals surface area contributed by atoms with Gasteiger partial charge in [-0.1, -0.05) is 0 Å². The summed E-state index contributed by atoms with van der Waals surface area (Å²) in [6.07, 6.45) is -111. The van der Waals surface area contributed by atoms with Gasteiger partial charge in [-0.2, -0.15) is 0 Å². The van der Waals surface area contributed by atoms with Crippen molar-refractivity contribution < 1.29 is 292 Å². The third kappa shape index (κ3) is 26.2. The Bertz CT molecular complexity index is 4030. The van der Waals surface area contributed by atoms with Crippen LogP contribution in [-0.2, 0) is 128 Å². The second-order valence-electron chi connectivity index (χ2n) is 36.0. The molecule has 0 spiro atoms. The molecule has 11 heterocycles. The Labute approximate surface area is 808 Å². The van der Waals surface area contributed by atoms with Crippen molar-refractivity contribution in [2.45, 2.75) is 384 Å². The molecule has 0 aromatic carbocycles. The van der Waals surface area contributed by atoms with E-state index in [-0.39, 0.29) is 0 Å². The van der Waals surface area contributed by atoms with Crippen molar-refractivity contribution in [1.82, 2.24) is 26.6 Å². The number of aliphatic hydroxyl groups excluding tert-OH is 31. The van der Waals surface area contributed by atoms with Crippen molar-refractivity contribution in [3.63, 3.8) is 0 Å². The minimum atomic E-state index is -3.12. The summed E-state index contributed by atoms with van der Waals surface area (Å²) in [6, 6.07) is -9.60. The average Bonchev–Trinajstić information content (AvgIpc) is 0.766. The molecule has 0 aromatic rings. The number of carbonyl (C=O) groups excluding carboxylic acids is 5. The van der Waals surface area contributed by atoms with Crippen molar-refractivity contribution in [2.24, 2.45) is 0 Å². The number of ether oxygens (including phenoxy) is 21. The summed E-state index contributed by atoms with van der Waals surface area (Å²) in [7, 11) is 0. The molecule has 11 fully saturated rings. The van der Waals surface area contributed by atoms with Gasteiger partial charge in [-0.05, 0) is 0 Å². The number of aliphatic hydroxyl groups is 31. The fourth-order valence-corrected chi connectivity index (χ4v) is 18.4. The van der Waals surface area contributed by atoms with Crippen LogP contribution in [0, 0.1) is 0 Å². The van der Waals surface area contributed by atoms with Crippen molar-refractivity contribution in [1.29, 1.82) is 0 Å². The number of nitrogens with one attached hydrogen (secondary N) is 5. The molecular formula is C79H131N5O59. The smallest absolute Gasteiger partial charge is 0.364 e. The summed E-state index contributed by atoms with van der Waals surface area (Å²) >= 11 is 0. The molecule has 11 aliphatic heterocycles. The van der Waals surface area contributed by atoms with Crippen LogP contribution in [0.2, 0.25) is 0 Å². The molecule has 0 aromatic heterocycles. The molecular weight excluding hydrogens is 1960 g/mol. The lowest BCUT2D eigenvalue weighted by atomic mass is 9.88. The number of hydrogen-bond acceptors (Lipinski definition) is 58. The molecule has 0 radical (unpaired) electrons. The summed E-state index contributed by atoms with van der Waals surface area (Å²) in [5.41, 5.74) is 0. The van der Waals surface area contributed by atoms with E-state index in [0.717, 1.165) is 34.6 Å². The van der Waals surface area contributed by atoms with Crippen LogP contribution in [0.5, 0.6) is 0 Å². The lowest BCUT2D eigenvalue weighted by molar-refractivity contribution is -0.399. The second kappa shape index (κ2) is 51.2. The first kappa shape index (κ1) is 118. The predicted molar refractivity (Wildman–Crippen MR) is 438 cm³/mol. The summed E-state index contributed by atoms with van der Waals surface area (Å²) in [6.45, 7) is -8.56. The van der Waals surface area contributed by atoms with Crippen molar-refractivity contribution in [3.8, 4) is 0 Å². The first-order valence-corrected chi connectivity index (χ1v) is 45.3. The fraction of sp³-hybridized carbons (Fsp3) is 0.924. The Kier molecular flexibility index (Phi) is 42.3. The Balaban J connectivity index is 0.887. The highest BCUT2D eigenvalue weighted by Crippen LogP contribution is 2.43. The summed E-state index contributed by atoms with van der Waals surface area (Å²) in [5.74, 6) is -9.98. The highest BCUT2D eigenvalue weighted by molar-refractivity contribution is 5.77. The topological polar surface area (TPSA) is 1000 Å². The first-order chi connectivity index (χ1) is 67.5. The molecule has 11 saturated heterocycles. The van der Waals surface area contributed by atoms with E-state index in [9.17, 15) is 192 Å².